The van der Waals surface area contributed by atoms with Gasteiger partial charge in [-0.25, -0.2) is 0 Å². The SMILES string of the molecule is CN(C[C@H](CC=O)c1ccc(Cl)c(Cl)c1)C(=O)c1ccccc1. The van der Waals surface area contributed by atoms with E-state index in [1.54, 1.807) is 36.2 Å². The smallest absolute Gasteiger partial charge is 0.253 e. The molecule has 0 aliphatic rings. The summed E-state index contributed by atoms with van der Waals surface area (Å²) >= 11 is 12.0. The fraction of sp³-hybridized carbons (Fsp3) is 0.222. The molecule has 0 N–H and O–H groups in total. The molecule has 23 heavy (non-hydrogen) atoms. The molecule has 0 radical (unpaired) electrons. The van der Waals surface area contributed by atoms with E-state index >= 15 is 0 Å². The molecule has 2 aromatic carbocycles. The molecule has 0 bridgehead atoms. The number of hydrogen-bond donors (Lipinski definition) is 0. The van der Waals surface area contributed by atoms with E-state index in [0.717, 1.165) is 11.8 Å². The van der Waals surface area contributed by atoms with Gasteiger partial charge in [-0.3, -0.25) is 4.79 Å². The number of aldehydes is 1. The van der Waals surface area contributed by atoms with E-state index in [1.807, 2.05) is 24.3 Å². The first-order chi connectivity index (χ1) is 11.0. The number of halogens is 2. The summed E-state index contributed by atoms with van der Waals surface area (Å²) in [6.07, 6.45) is 1.17. The molecule has 0 aliphatic heterocycles. The fourth-order valence-corrected chi connectivity index (χ4v) is 2.72. The maximum atomic E-state index is 12.4. The highest BCUT2D eigenvalue weighted by Crippen LogP contribution is 2.28. The van der Waals surface area contributed by atoms with Gasteiger partial charge in [-0.15, -0.1) is 0 Å². The van der Waals surface area contributed by atoms with Gasteiger partial charge in [-0.2, -0.15) is 0 Å². The summed E-state index contributed by atoms with van der Waals surface area (Å²) in [7, 11) is 1.73. The van der Waals surface area contributed by atoms with Crippen LogP contribution in [0.2, 0.25) is 10.0 Å². The van der Waals surface area contributed by atoms with Gasteiger partial charge in [-0.05, 0) is 29.8 Å². The quantitative estimate of drug-likeness (QED) is 0.723. The molecule has 2 rings (SSSR count). The highest BCUT2D eigenvalue weighted by Gasteiger charge is 2.19. The third-order valence-electron chi connectivity index (χ3n) is 3.66. The van der Waals surface area contributed by atoms with Crippen molar-refractivity contribution in [3.05, 3.63) is 69.7 Å². The van der Waals surface area contributed by atoms with Gasteiger partial charge in [0, 0.05) is 31.5 Å². The van der Waals surface area contributed by atoms with Crippen molar-refractivity contribution in [3.63, 3.8) is 0 Å². The first-order valence-corrected chi connectivity index (χ1v) is 7.97. The molecule has 2 aromatic rings. The molecule has 0 aliphatic carbocycles. The van der Waals surface area contributed by atoms with Crippen LogP contribution in [-0.4, -0.2) is 30.7 Å². The van der Waals surface area contributed by atoms with Crippen LogP contribution < -0.4 is 0 Å². The Morgan fingerprint density at radius 3 is 2.43 bits per heavy atom. The zero-order valence-corrected chi connectivity index (χ0v) is 14.2. The predicted molar refractivity (Wildman–Crippen MR) is 93.3 cm³/mol. The van der Waals surface area contributed by atoms with Gasteiger partial charge in [0.05, 0.1) is 10.0 Å². The maximum Gasteiger partial charge on any atom is 0.253 e. The monoisotopic (exact) mass is 349 g/mol. The Labute approximate surface area is 145 Å². The second-order valence-electron chi connectivity index (χ2n) is 5.32. The van der Waals surface area contributed by atoms with E-state index in [1.165, 1.54) is 0 Å². The van der Waals surface area contributed by atoms with Crippen molar-refractivity contribution in [1.82, 2.24) is 4.90 Å². The zero-order chi connectivity index (χ0) is 16.8. The Bertz CT molecular complexity index is 689. The first-order valence-electron chi connectivity index (χ1n) is 7.22. The van der Waals surface area contributed by atoms with Crippen LogP contribution in [0.25, 0.3) is 0 Å². The van der Waals surface area contributed by atoms with Crippen LogP contribution in [0, 0.1) is 0 Å². The Kier molecular flexibility index (Phi) is 6.20. The normalized spacial score (nSPS) is 11.8. The summed E-state index contributed by atoms with van der Waals surface area (Å²) in [5.41, 5.74) is 1.51. The number of carbonyl (C=O) groups excluding carboxylic acids is 2. The zero-order valence-electron chi connectivity index (χ0n) is 12.7. The predicted octanol–water partition coefficient (Wildman–Crippen LogP) is 4.44. The molecule has 0 saturated heterocycles. The van der Waals surface area contributed by atoms with Crippen molar-refractivity contribution < 1.29 is 9.59 Å². The van der Waals surface area contributed by atoms with Crippen LogP contribution in [0.15, 0.2) is 48.5 Å². The third kappa shape index (κ3) is 4.57. The summed E-state index contributed by atoms with van der Waals surface area (Å²) in [4.78, 5) is 25.0. The second-order valence-corrected chi connectivity index (χ2v) is 6.14. The molecule has 1 atom stereocenters. The van der Waals surface area contributed by atoms with E-state index in [2.05, 4.69) is 0 Å². The number of hydrogen-bond acceptors (Lipinski definition) is 2. The molecular weight excluding hydrogens is 333 g/mol. The Morgan fingerprint density at radius 2 is 1.83 bits per heavy atom. The lowest BCUT2D eigenvalue weighted by Gasteiger charge is -2.24. The first kappa shape index (κ1) is 17.5. The summed E-state index contributed by atoms with van der Waals surface area (Å²) in [5.74, 6) is -0.207. The van der Waals surface area contributed by atoms with Crippen molar-refractivity contribution in [2.45, 2.75) is 12.3 Å². The summed E-state index contributed by atoms with van der Waals surface area (Å²) < 4.78 is 0. The summed E-state index contributed by atoms with van der Waals surface area (Å²) in [6, 6.07) is 14.3. The number of carbonyl (C=O) groups is 2. The lowest BCUT2D eigenvalue weighted by molar-refractivity contribution is -0.108. The Balaban J connectivity index is 2.16. The van der Waals surface area contributed by atoms with E-state index in [-0.39, 0.29) is 11.8 Å². The van der Waals surface area contributed by atoms with Crippen LogP contribution in [0.4, 0.5) is 0 Å². The average Bonchev–Trinajstić information content (AvgIpc) is 2.57. The van der Waals surface area contributed by atoms with Crippen molar-refractivity contribution in [1.29, 1.82) is 0 Å². The molecule has 0 aromatic heterocycles. The maximum absolute atomic E-state index is 12.4. The molecule has 3 nitrogen and oxygen atoms in total. The number of likely N-dealkylation sites (N-methyl/N-ethyl adjacent to an activating group) is 1. The van der Waals surface area contributed by atoms with E-state index in [0.29, 0.717) is 28.6 Å². The second kappa shape index (κ2) is 8.14. The van der Waals surface area contributed by atoms with Crippen LogP contribution in [0.3, 0.4) is 0 Å². The summed E-state index contributed by atoms with van der Waals surface area (Å²) in [6.45, 7) is 0.421. The lowest BCUT2D eigenvalue weighted by atomic mass is 9.95. The number of benzene rings is 2. The topological polar surface area (TPSA) is 37.4 Å². The van der Waals surface area contributed by atoms with E-state index in [4.69, 9.17) is 23.2 Å². The van der Waals surface area contributed by atoms with Crippen molar-refractivity contribution in [3.8, 4) is 0 Å². The molecule has 0 saturated carbocycles. The number of nitrogens with zero attached hydrogens (tertiary/aromatic N) is 1. The highest BCUT2D eigenvalue weighted by molar-refractivity contribution is 6.42. The average molecular weight is 350 g/mol. The molecule has 5 heteroatoms. The molecule has 0 spiro atoms. The van der Waals surface area contributed by atoms with Crippen LogP contribution in [0.5, 0.6) is 0 Å². The van der Waals surface area contributed by atoms with Gasteiger partial charge in [0.1, 0.15) is 6.29 Å². The minimum atomic E-state index is -0.125. The van der Waals surface area contributed by atoms with Gasteiger partial charge in [0.25, 0.3) is 5.91 Å². The highest BCUT2D eigenvalue weighted by atomic mass is 35.5. The van der Waals surface area contributed by atoms with Crippen LogP contribution in [-0.2, 0) is 4.79 Å². The van der Waals surface area contributed by atoms with Crippen molar-refractivity contribution in [2.24, 2.45) is 0 Å². The van der Waals surface area contributed by atoms with Gasteiger partial charge < -0.3 is 9.69 Å². The van der Waals surface area contributed by atoms with Gasteiger partial charge in [0.15, 0.2) is 0 Å². The lowest BCUT2D eigenvalue weighted by Crippen LogP contribution is -2.31. The summed E-state index contributed by atoms with van der Waals surface area (Å²) in [5, 5.41) is 0.908. The standard InChI is InChI=1S/C18H17Cl2NO2/c1-21(18(23)13-5-3-2-4-6-13)12-15(9-10-22)14-7-8-16(19)17(20)11-14/h2-8,10-11,15H,9,12H2,1H3/t15-/m0/s1. The van der Waals surface area contributed by atoms with Gasteiger partial charge in [0.2, 0.25) is 0 Å². The van der Waals surface area contributed by atoms with Crippen LogP contribution >= 0.6 is 23.2 Å². The molecular formula is C18H17Cl2NO2. The molecule has 0 fully saturated rings. The van der Waals surface area contributed by atoms with Crippen molar-refractivity contribution >= 4 is 35.4 Å². The van der Waals surface area contributed by atoms with Crippen LogP contribution in [0.1, 0.15) is 28.3 Å². The fourth-order valence-electron chi connectivity index (χ4n) is 2.41. The largest absolute Gasteiger partial charge is 0.341 e. The van der Waals surface area contributed by atoms with Gasteiger partial charge in [-0.1, -0.05) is 47.5 Å². The van der Waals surface area contributed by atoms with Crippen molar-refractivity contribution in [2.75, 3.05) is 13.6 Å². The Morgan fingerprint density at radius 1 is 1.13 bits per heavy atom. The molecule has 0 heterocycles. The number of rotatable bonds is 6. The molecule has 1 amide bonds. The number of amides is 1. The third-order valence-corrected chi connectivity index (χ3v) is 4.40. The minimum Gasteiger partial charge on any atom is -0.341 e. The Hall–Kier alpha value is -1.84. The van der Waals surface area contributed by atoms with E-state index in [9.17, 15) is 9.59 Å². The minimum absolute atomic E-state index is 0.0819. The van der Waals surface area contributed by atoms with Gasteiger partial charge >= 0.3 is 0 Å². The van der Waals surface area contributed by atoms with E-state index < -0.39 is 0 Å². The molecule has 120 valence electrons. The molecule has 0 unspecified atom stereocenters.